The molecule has 1 rings (SSSR count). The molecule has 10 heteroatoms. The molecule has 0 amide bonds. The number of quaternary nitrogens is 1. The Morgan fingerprint density at radius 1 is 1.03 bits per heavy atom. The van der Waals surface area contributed by atoms with Crippen molar-refractivity contribution >= 4 is 13.8 Å². The molecule has 190 valence electrons. The fourth-order valence-electron chi connectivity index (χ4n) is 3.17. The van der Waals surface area contributed by atoms with Gasteiger partial charge in [-0.2, -0.15) is 0 Å². The Morgan fingerprint density at radius 2 is 1.58 bits per heavy atom. The monoisotopic (exact) mass is 490 g/mol. The Hall–Kier alpha value is -1.64. The van der Waals surface area contributed by atoms with Gasteiger partial charge in [0.15, 0.2) is 0 Å². The molecule has 1 aromatic carbocycles. The highest BCUT2D eigenvalue weighted by atomic mass is 31.2. The number of carboxylic acids is 1. The van der Waals surface area contributed by atoms with Gasteiger partial charge in [-0.1, -0.05) is 25.8 Å². The van der Waals surface area contributed by atoms with E-state index in [1.54, 1.807) is 0 Å². The average molecular weight is 491 g/mol. The molecule has 0 aliphatic rings. The van der Waals surface area contributed by atoms with Gasteiger partial charge in [0.1, 0.15) is 24.1 Å². The molecule has 0 saturated carbocycles. The van der Waals surface area contributed by atoms with Crippen LogP contribution in [-0.4, -0.2) is 74.1 Å². The molecule has 0 bridgehead atoms. The summed E-state index contributed by atoms with van der Waals surface area (Å²) < 4.78 is 34.4. The lowest BCUT2D eigenvalue weighted by molar-refractivity contribution is -0.873. The van der Waals surface area contributed by atoms with Crippen molar-refractivity contribution in [1.29, 1.82) is 0 Å². The van der Waals surface area contributed by atoms with Gasteiger partial charge in [-0.15, -0.1) is 0 Å². The van der Waals surface area contributed by atoms with E-state index in [0.29, 0.717) is 30.5 Å². The van der Waals surface area contributed by atoms with Crippen LogP contribution in [0, 0.1) is 6.92 Å². The lowest BCUT2D eigenvalue weighted by Crippen LogP contribution is -2.42. The van der Waals surface area contributed by atoms with Crippen molar-refractivity contribution in [2.45, 2.75) is 58.5 Å². The third-order valence-corrected chi connectivity index (χ3v) is 5.80. The van der Waals surface area contributed by atoms with Gasteiger partial charge < -0.3 is 24.0 Å². The third kappa shape index (κ3) is 13.6. The molecule has 2 atom stereocenters. The zero-order chi connectivity index (χ0) is 24.9. The summed E-state index contributed by atoms with van der Waals surface area (Å²) in [6.07, 6.45) is 3.09. The van der Waals surface area contributed by atoms with E-state index in [9.17, 15) is 14.3 Å². The maximum absolute atomic E-state index is 12.2. The second-order valence-corrected chi connectivity index (χ2v) is 10.5. The minimum Gasteiger partial charge on any atom is -0.493 e. The van der Waals surface area contributed by atoms with Crippen LogP contribution in [0.1, 0.15) is 51.0 Å². The number of phosphoric ester groups is 1. The largest absolute Gasteiger partial charge is 0.493 e. The number of benzene rings is 1. The van der Waals surface area contributed by atoms with Gasteiger partial charge in [0.25, 0.3) is 0 Å². The Morgan fingerprint density at radius 3 is 2.09 bits per heavy atom. The number of hydrogen-bond donors (Lipinski definition) is 2. The summed E-state index contributed by atoms with van der Waals surface area (Å²) in [4.78, 5) is 21.0. The van der Waals surface area contributed by atoms with Gasteiger partial charge >= 0.3 is 13.8 Å². The molecule has 9 nitrogen and oxygen atoms in total. The van der Waals surface area contributed by atoms with Gasteiger partial charge in [0.05, 0.1) is 47.4 Å². The summed E-state index contributed by atoms with van der Waals surface area (Å²) in [5, 5.41) is 9.02. The molecule has 0 saturated heterocycles. The van der Waals surface area contributed by atoms with E-state index in [0.717, 1.165) is 36.3 Å². The molecule has 0 aliphatic heterocycles. The summed E-state index contributed by atoms with van der Waals surface area (Å²) in [6, 6.07) is 5.71. The molecular formula is C23H41NO8P+. The molecule has 0 fully saturated rings. The van der Waals surface area contributed by atoms with Crippen LogP contribution < -0.4 is 9.47 Å². The second-order valence-electron chi connectivity index (χ2n) is 9.09. The van der Waals surface area contributed by atoms with Crippen molar-refractivity contribution in [3.05, 3.63) is 23.8 Å². The van der Waals surface area contributed by atoms with Crippen LogP contribution in [0.4, 0.5) is 0 Å². The zero-order valence-corrected chi connectivity index (χ0v) is 21.5. The number of likely N-dealkylation sites (N-methyl/N-ethyl adjacent to an activating group) is 1. The number of aliphatic carboxylic acids is 1. The predicted octanol–water partition coefficient (Wildman–Crippen LogP) is 4.41. The summed E-state index contributed by atoms with van der Waals surface area (Å²) in [5.41, 5.74) is 0.945. The molecule has 1 unspecified atom stereocenters. The first kappa shape index (κ1) is 29.4. The van der Waals surface area contributed by atoms with Crippen LogP contribution in [0.2, 0.25) is 0 Å². The zero-order valence-electron chi connectivity index (χ0n) is 20.6. The quantitative estimate of drug-likeness (QED) is 0.177. The molecular weight excluding hydrogens is 449 g/mol. The predicted molar refractivity (Wildman–Crippen MR) is 127 cm³/mol. The van der Waals surface area contributed by atoms with Gasteiger partial charge in [-0.05, 0) is 38.3 Å². The lowest BCUT2D eigenvalue weighted by Gasteiger charge is -2.29. The van der Waals surface area contributed by atoms with Crippen LogP contribution in [0.25, 0.3) is 0 Å². The smallest absolute Gasteiger partial charge is 0.472 e. The van der Waals surface area contributed by atoms with Crippen LogP contribution in [0.15, 0.2) is 18.2 Å². The summed E-state index contributed by atoms with van der Waals surface area (Å²) in [6.45, 7) is 5.47. The normalized spacial score (nSPS) is 14.5. The standard InChI is InChI=1S/C23H40NO8P/c1-6-7-8-14-29-21-12-11-13-22(19(21)2)30-15-9-10-16-31-33(27,28)32-20(17-23(25)26)18-24(3,4)5/h11-13,20H,6-10,14-18H2,1-5H3,(H-,25,26,27,28)/p+1/t20-/m1/s1. The highest BCUT2D eigenvalue weighted by molar-refractivity contribution is 7.47. The number of nitrogens with zero attached hydrogens (tertiary/aromatic N) is 1. The molecule has 33 heavy (non-hydrogen) atoms. The number of hydrogen-bond acceptors (Lipinski definition) is 6. The molecule has 0 radical (unpaired) electrons. The van der Waals surface area contributed by atoms with E-state index in [1.165, 1.54) is 0 Å². The van der Waals surface area contributed by atoms with Crippen LogP contribution >= 0.6 is 7.82 Å². The lowest BCUT2D eigenvalue weighted by atomic mass is 10.2. The van der Waals surface area contributed by atoms with Crippen LogP contribution in [-0.2, 0) is 18.4 Å². The first-order chi connectivity index (χ1) is 15.4. The van der Waals surface area contributed by atoms with E-state index in [-0.39, 0.29) is 19.6 Å². The Balaban J connectivity index is 2.40. The maximum atomic E-state index is 12.2. The SMILES string of the molecule is CCCCCOc1cccc(OCCCCOP(=O)(O)O[C@H](CC(=O)O)C[N+](C)(C)C)c1C. The Bertz CT molecular complexity index is 765. The minimum absolute atomic E-state index is 0.000859. The van der Waals surface area contributed by atoms with E-state index in [4.69, 9.17) is 23.6 Å². The van der Waals surface area contributed by atoms with Crippen molar-refractivity contribution in [2.24, 2.45) is 0 Å². The molecule has 0 aliphatic carbocycles. The van der Waals surface area contributed by atoms with Crippen LogP contribution in [0.5, 0.6) is 11.5 Å². The van der Waals surface area contributed by atoms with E-state index in [2.05, 4.69) is 6.92 Å². The summed E-state index contributed by atoms with van der Waals surface area (Å²) in [5.74, 6) is 0.461. The van der Waals surface area contributed by atoms with Gasteiger partial charge in [0.2, 0.25) is 0 Å². The molecule has 0 spiro atoms. The number of ether oxygens (including phenoxy) is 2. The van der Waals surface area contributed by atoms with Crippen molar-refractivity contribution < 1.29 is 42.4 Å². The maximum Gasteiger partial charge on any atom is 0.472 e. The molecule has 0 aromatic heterocycles. The van der Waals surface area contributed by atoms with Crippen molar-refractivity contribution in [1.82, 2.24) is 0 Å². The molecule has 2 N–H and O–H groups in total. The highest BCUT2D eigenvalue weighted by Gasteiger charge is 2.31. The number of phosphoric acid groups is 1. The van der Waals surface area contributed by atoms with Crippen LogP contribution in [0.3, 0.4) is 0 Å². The Labute approximate surface area is 197 Å². The number of carbonyl (C=O) groups is 1. The number of unbranched alkanes of at least 4 members (excludes halogenated alkanes) is 3. The molecule has 0 heterocycles. The second kappa shape index (κ2) is 14.6. The van der Waals surface area contributed by atoms with Crippen molar-refractivity contribution in [3.63, 3.8) is 0 Å². The minimum atomic E-state index is -4.36. The first-order valence-electron chi connectivity index (χ1n) is 11.5. The third-order valence-electron chi connectivity index (χ3n) is 4.73. The molecule has 1 aromatic rings. The summed E-state index contributed by atoms with van der Waals surface area (Å²) in [7, 11) is 1.18. The fourth-order valence-corrected chi connectivity index (χ4v) is 4.11. The van der Waals surface area contributed by atoms with Gasteiger partial charge in [-0.3, -0.25) is 13.8 Å². The van der Waals surface area contributed by atoms with E-state index < -0.39 is 19.9 Å². The highest BCUT2D eigenvalue weighted by Crippen LogP contribution is 2.45. The van der Waals surface area contributed by atoms with E-state index in [1.807, 2.05) is 46.3 Å². The summed E-state index contributed by atoms with van der Waals surface area (Å²) >= 11 is 0. The number of carboxylic acid groups (broad SMARTS) is 1. The topological polar surface area (TPSA) is 112 Å². The van der Waals surface area contributed by atoms with E-state index >= 15 is 0 Å². The Kier molecular flexibility index (Phi) is 13.0. The number of rotatable bonds is 18. The van der Waals surface area contributed by atoms with Crippen molar-refractivity contribution in [2.75, 3.05) is 47.5 Å². The average Bonchev–Trinajstić information content (AvgIpc) is 2.67. The van der Waals surface area contributed by atoms with Crippen molar-refractivity contribution in [3.8, 4) is 11.5 Å². The fraction of sp³-hybridized carbons (Fsp3) is 0.696. The first-order valence-corrected chi connectivity index (χ1v) is 13.0. The van der Waals surface area contributed by atoms with Gasteiger partial charge in [0, 0.05) is 5.56 Å². The van der Waals surface area contributed by atoms with Gasteiger partial charge in [-0.25, -0.2) is 4.57 Å².